The quantitative estimate of drug-likeness (QED) is 0.507. The summed E-state index contributed by atoms with van der Waals surface area (Å²) in [7, 11) is 6.34. The summed E-state index contributed by atoms with van der Waals surface area (Å²) in [6, 6.07) is 13.0. The molecule has 0 atom stereocenters. The van der Waals surface area contributed by atoms with E-state index in [-0.39, 0.29) is 25.2 Å². The Morgan fingerprint density at radius 3 is 2.03 bits per heavy atom. The summed E-state index contributed by atoms with van der Waals surface area (Å²) >= 11 is 0. The minimum Gasteiger partial charge on any atom is -0.497 e. The maximum absolute atomic E-state index is 13.8. The zero-order chi connectivity index (χ0) is 25.0. The molecular weight excluding hydrogens is 450 g/mol. The molecule has 35 heavy (non-hydrogen) atoms. The number of ether oxygens (including phenoxy) is 4. The van der Waals surface area contributed by atoms with Crippen molar-refractivity contribution in [2.24, 2.45) is 0 Å². The van der Waals surface area contributed by atoms with Gasteiger partial charge in [0.1, 0.15) is 29.5 Å². The summed E-state index contributed by atoms with van der Waals surface area (Å²) in [6.07, 6.45) is 1.09. The maximum Gasteiger partial charge on any atom is 0.329 e. The van der Waals surface area contributed by atoms with Crippen molar-refractivity contribution in [1.82, 2.24) is 14.7 Å². The van der Waals surface area contributed by atoms with Crippen LogP contribution in [0, 0.1) is 0 Å². The highest BCUT2D eigenvalue weighted by molar-refractivity contribution is 6.07. The van der Waals surface area contributed by atoms with Crippen LogP contribution >= 0.6 is 0 Å². The number of piperidine rings is 1. The maximum atomic E-state index is 13.8. The molecule has 0 aliphatic carbocycles. The van der Waals surface area contributed by atoms with Crippen molar-refractivity contribution >= 4 is 11.9 Å². The van der Waals surface area contributed by atoms with Crippen LogP contribution in [0.4, 0.5) is 4.79 Å². The van der Waals surface area contributed by atoms with Crippen LogP contribution in [-0.4, -0.2) is 80.4 Å². The van der Waals surface area contributed by atoms with E-state index >= 15 is 0 Å². The second-order valence-electron chi connectivity index (χ2n) is 8.90. The molecule has 3 amide bonds. The van der Waals surface area contributed by atoms with Gasteiger partial charge in [-0.1, -0.05) is 12.1 Å². The first-order valence-electron chi connectivity index (χ1n) is 11.6. The molecule has 188 valence electrons. The predicted octanol–water partition coefficient (Wildman–Crippen LogP) is 3.12. The molecule has 0 saturated carbocycles. The van der Waals surface area contributed by atoms with Gasteiger partial charge >= 0.3 is 6.03 Å². The standard InChI is InChI=1S/C26H33N3O6/c1-32-18-29-25(31)28(17-20-13-22(34-3)15-23(14-20)35-4)24(30)26(29)8-10-27(11-9-26)16-19-6-5-7-21(12-19)33-2/h5-7,12-15H,8-11,16-18H2,1-4H3. The summed E-state index contributed by atoms with van der Waals surface area (Å²) in [5.41, 5.74) is 1.00. The lowest BCUT2D eigenvalue weighted by Gasteiger charge is -2.41. The van der Waals surface area contributed by atoms with Gasteiger partial charge in [-0.3, -0.25) is 19.5 Å². The van der Waals surface area contributed by atoms with E-state index in [1.807, 2.05) is 30.3 Å². The SMILES string of the molecule is COCN1C(=O)N(Cc2cc(OC)cc(OC)c2)C(=O)C12CCN(Cc1cccc(OC)c1)CC2. The minimum atomic E-state index is -0.902. The Kier molecular flexibility index (Phi) is 7.47. The largest absolute Gasteiger partial charge is 0.497 e. The molecule has 9 heteroatoms. The number of nitrogens with zero attached hydrogens (tertiary/aromatic N) is 3. The van der Waals surface area contributed by atoms with Gasteiger partial charge in [0.2, 0.25) is 0 Å². The Morgan fingerprint density at radius 1 is 0.800 bits per heavy atom. The lowest BCUT2D eigenvalue weighted by molar-refractivity contribution is -0.137. The minimum absolute atomic E-state index is 0.0678. The van der Waals surface area contributed by atoms with E-state index < -0.39 is 5.54 Å². The van der Waals surface area contributed by atoms with Crippen molar-refractivity contribution in [2.75, 3.05) is 48.3 Å². The van der Waals surface area contributed by atoms with E-state index in [4.69, 9.17) is 18.9 Å². The van der Waals surface area contributed by atoms with Crippen molar-refractivity contribution < 1.29 is 28.5 Å². The number of amides is 3. The fourth-order valence-corrected chi connectivity index (χ4v) is 4.96. The lowest BCUT2D eigenvalue weighted by Crippen LogP contribution is -2.56. The van der Waals surface area contributed by atoms with Gasteiger partial charge in [0.15, 0.2) is 0 Å². The molecule has 0 unspecified atom stereocenters. The van der Waals surface area contributed by atoms with E-state index in [9.17, 15) is 9.59 Å². The first-order chi connectivity index (χ1) is 16.9. The van der Waals surface area contributed by atoms with Crippen LogP contribution in [0.1, 0.15) is 24.0 Å². The number of carbonyl (C=O) groups excluding carboxylic acids is 2. The third-order valence-corrected chi connectivity index (χ3v) is 6.86. The second kappa shape index (κ2) is 10.5. The average Bonchev–Trinajstić information content (AvgIpc) is 3.07. The van der Waals surface area contributed by atoms with Gasteiger partial charge in [-0.25, -0.2) is 4.79 Å². The van der Waals surface area contributed by atoms with E-state index in [0.29, 0.717) is 37.4 Å². The highest BCUT2D eigenvalue weighted by Gasteiger charge is 2.57. The van der Waals surface area contributed by atoms with Crippen LogP contribution in [0.25, 0.3) is 0 Å². The van der Waals surface area contributed by atoms with Crippen molar-refractivity contribution in [3.63, 3.8) is 0 Å². The van der Waals surface area contributed by atoms with Crippen LogP contribution in [-0.2, 0) is 22.6 Å². The number of hydrogen-bond donors (Lipinski definition) is 0. The van der Waals surface area contributed by atoms with Crippen molar-refractivity contribution in [2.45, 2.75) is 31.5 Å². The van der Waals surface area contributed by atoms with Crippen molar-refractivity contribution in [3.05, 3.63) is 53.6 Å². The fraction of sp³-hybridized carbons (Fsp3) is 0.462. The molecule has 0 N–H and O–H groups in total. The molecule has 2 aromatic carbocycles. The third-order valence-electron chi connectivity index (χ3n) is 6.86. The van der Waals surface area contributed by atoms with E-state index in [0.717, 1.165) is 23.4 Å². The molecule has 1 spiro atoms. The number of hydrogen-bond acceptors (Lipinski definition) is 7. The Hall–Kier alpha value is -3.30. The van der Waals surface area contributed by atoms with Crippen molar-refractivity contribution in [3.8, 4) is 17.2 Å². The molecule has 2 aliphatic rings. The van der Waals surface area contributed by atoms with E-state index in [2.05, 4.69) is 11.0 Å². The monoisotopic (exact) mass is 483 g/mol. The van der Waals surface area contributed by atoms with Crippen LogP contribution in [0.5, 0.6) is 17.2 Å². The molecule has 2 saturated heterocycles. The number of carbonyl (C=O) groups is 2. The average molecular weight is 484 g/mol. The van der Waals surface area contributed by atoms with Crippen LogP contribution in [0.2, 0.25) is 0 Å². The Labute approximate surface area is 206 Å². The lowest BCUT2D eigenvalue weighted by atomic mass is 9.86. The Balaban J connectivity index is 1.51. The fourth-order valence-electron chi connectivity index (χ4n) is 4.96. The molecule has 2 aromatic rings. The summed E-state index contributed by atoms with van der Waals surface area (Å²) < 4.78 is 21.4. The van der Waals surface area contributed by atoms with Crippen molar-refractivity contribution in [1.29, 1.82) is 0 Å². The summed E-state index contributed by atoms with van der Waals surface area (Å²) in [5.74, 6) is 1.85. The highest BCUT2D eigenvalue weighted by atomic mass is 16.5. The number of imide groups is 1. The van der Waals surface area contributed by atoms with Gasteiger partial charge < -0.3 is 18.9 Å². The first-order valence-corrected chi connectivity index (χ1v) is 11.6. The summed E-state index contributed by atoms with van der Waals surface area (Å²) in [6.45, 7) is 2.35. The smallest absolute Gasteiger partial charge is 0.329 e. The number of benzene rings is 2. The van der Waals surface area contributed by atoms with Gasteiger partial charge in [0.05, 0.1) is 27.9 Å². The van der Waals surface area contributed by atoms with Gasteiger partial charge in [0, 0.05) is 32.8 Å². The molecular formula is C26H33N3O6. The van der Waals surface area contributed by atoms with Crippen LogP contribution < -0.4 is 14.2 Å². The van der Waals surface area contributed by atoms with E-state index in [1.54, 1.807) is 39.4 Å². The number of methoxy groups -OCH3 is 4. The van der Waals surface area contributed by atoms with E-state index in [1.165, 1.54) is 4.90 Å². The van der Waals surface area contributed by atoms with Crippen LogP contribution in [0.15, 0.2) is 42.5 Å². The number of likely N-dealkylation sites (tertiary alicyclic amines) is 1. The number of rotatable bonds is 9. The second-order valence-corrected chi connectivity index (χ2v) is 8.90. The van der Waals surface area contributed by atoms with Gasteiger partial charge in [-0.05, 0) is 48.2 Å². The summed E-state index contributed by atoms with van der Waals surface area (Å²) in [5, 5.41) is 0. The molecule has 9 nitrogen and oxygen atoms in total. The molecule has 0 radical (unpaired) electrons. The van der Waals surface area contributed by atoms with Gasteiger partial charge in [0.25, 0.3) is 5.91 Å². The topological polar surface area (TPSA) is 80.8 Å². The Bertz CT molecular complexity index is 1040. The van der Waals surface area contributed by atoms with Crippen LogP contribution in [0.3, 0.4) is 0 Å². The number of urea groups is 1. The normalized spacial score (nSPS) is 17.8. The third kappa shape index (κ3) is 4.92. The molecule has 2 aliphatic heterocycles. The first kappa shape index (κ1) is 24.8. The predicted molar refractivity (Wildman–Crippen MR) is 129 cm³/mol. The molecule has 0 bridgehead atoms. The molecule has 4 rings (SSSR count). The zero-order valence-corrected chi connectivity index (χ0v) is 20.8. The zero-order valence-electron chi connectivity index (χ0n) is 20.8. The van der Waals surface area contributed by atoms with Gasteiger partial charge in [-0.2, -0.15) is 0 Å². The Morgan fingerprint density at radius 2 is 1.43 bits per heavy atom. The van der Waals surface area contributed by atoms with Gasteiger partial charge in [-0.15, -0.1) is 0 Å². The summed E-state index contributed by atoms with van der Waals surface area (Å²) in [4.78, 5) is 32.4. The molecule has 2 fully saturated rings. The molecule has 0 aromatic heterocycles. The highest BCUT2D eigenvalue weighted by Crippen LogP contribution is 2.38. The molecule has 2 heterocycles.